The zero-order valence-corrected chi connectivity index (χ0v) is 12.3. The molecule has 0 radical (unpaired) electrons. The second-order valence-electron chi connectivity index (χ2n) is 5.83. The van der Waals surface area contributed by atoms with Crippen LogP contribution in [0.25, 0.3) is 0 Å². The molecule has 0 heterocycles. The molecule has 1 saturated carbocycles. The number of nitrogens with zero attached hydrogens (tertiary/aromatic N) is 1. The fraction of sp³-hybridized carbons (Fsp3) is 0.533. The van der Waals surface area contributed by atoms with E-state index in [1.54, 1.807) is 0 Å². The summed E-state index contributed by atoms with van der Waals surface area (Å²) in [4.78, 5) is 19.5. The van der Waals surface area contributed by atoms with Crippen molar-refractivity contribution in [2.24, 2.45) is 5.41 Å². The lowest BCUT2D eigenvalue weighted by molar-refractivity contribution is -0.384. The quantitative estimate of drug-likeness (QED) is 0.361. The zero-order valence-electron chi connectivity index (χ0n) is 12.3. The van der Waals surface area contributed by atoms with E-state index < -0.39 is 11.1 Å². The summed E-state index contributed by atoms with van der Waals surface area (Å²) in [5, 5.41) is 20.1. The van der Waals surface area contributed by atoms with Crippen molar-refractivity contribution in [2.45, 2.75) is 46.0 Å². The molecule has 1 aliphatic carbocycles. The number of non-ortho nitro benzene ring substituents is 1. The Kier molecular flexibility index (Phi) is 6.14. The minimum atomic E-state index is -1.70. The van der Waals surface area contributed by atoms with Crippen LogP contribution < -0.4 is 9.84 Å². The van der Waals surface area contributed by atoms with Gasteiger partial charge in [-0.15, -0.1) is 0 Å². The van der Waals surface area contributed by atoms with Gasteiger partial charge in [-0.1, -0.05) is 33.1 Å². The Morgan fingerprint density at radius 2 is 1.67 bits per heavy atom. The highest BCUT2D eigenvalue weighted by Crippen LogP contribution is 2.34. The van der Waals surface area contributed by atoms with E-state index in [-0.39, 0.29) is 11.4 Å². The lowest BCUT2D eigenvalue weighted by Crippen LogP contribution is -2.26. The van der Waals surface area contributed by atoms with Crippen LogP contribution in [0.1, 0.15) is 46.0 Å². The Labute approximate surface area is 123 Å². The highest BCUT2D eigenvalue weighted by Gasteiger charge is 2.19. The molecule has 0 aromatic heterocycles. The Hall–Kier alpha value is -2.11. The van der Waals surface area contributed by atoms with Crippen molar-refractivity contribution >= 4 is 11.8 Å². The number of benzene rings is 1. The monoisotopic (exact) mass is 294 g/mol. The lowest BCUT2D eigenvalue weighted by atomic mass is 9.78. The largest absolute Gasteiger partial charge is 0.514 e. The third-order valence-electron chi connectivity index (χ3n) is 3.46. The molecule has 1 aliphatic rings. The third-order valence-corrected chi connectivity index (χ3v) is 3.46. The number of hydrogen-bond donors (Lipinski definition) is 0. The molecule has 6 heteroatoms. The Morgan fingerprint density at radius 3 is 2.00 bits per heavy atom. The maximum Gasteiger partial charge on any atom is 0.269 e. The number of carbonyl (C=O) groups excluding carboxylic acids is 1. The summed E-state index contributed by atoms with van der Waals surface area (Å²) in [5.41, 5.74) is 0.545. The molecule has 0 aliphatic heterocycles. The third kappa shape index (κ3) is 6.74. The molecule has 116 valence electrons. The highest BCUT2D eigenvalue weighted by molar-refractivity contribution is 5.59. The first-order valence-electron chi connectivity index (χ1n) is 6.93. The van der Waals surface area contributed by atoms with E-state index in [4.69, 9.17) is 0 Å². The summed E-state index contributed by atoms with van der Waals surface area (Å²) in [5.74, 6) is -0.00870. The van der Waals surface area contributed by atoms with Gasteiger partial charge in [0.15, 0.2) is 0 Å². The lowest BCUT2D eigenvalue weighted by Gasteiger charge is -2.28. The Balaban J connectivity index is 0.000000235. The van der Waals surface area contributed by atoms with Crippen LogP contribution in [0, 0.1) is 15.5 Å². The molecule has 0 amide bonds. The number of nitro groups is 1. The van der Waals surface area contributed by atoms with Crippen molar-refractivity contribution < 1.29 is 19.6 Å². The van der Waals surface area contributed by atoms with Gasteiger partial charge in [0.2, 0.25) is 0 Å². The molecular formula is C15H20NO5-. The van der Waals surface area contributed by atoms with Crippen LogP contribution in [0.2, 0.25) is 0 Å². The van der Waals surface area contributed by atoms with E-state index in [0.717, 1.165) is 12.1 Å². The average Bonchev–Trinajstić information content (AvgIpc) is 2.39. The second kappa shape index (κ2) is 7.61. The van der Waals surface area contributed by atoms with E-state index >= 15 is 0 Å². The highest BCUT2D eigenvalue weighted by atomic mass is 16.7. The van der Waals surface area contributed by atoms with Gasteiger partial charge in [0, 0.05) is 12.1 Å². The standard InChI is InChI=1S/C8H16.C7H5NO5/c1-8(2)6-4-3-5-7-8;9-7(10)13-6-3-1-5(2-4-6)8(11)12/h3-7H2,1-2H3;1-4H,(H,9,10)/p-1. The number of hydrogen-bond acceptors (Lipinski definition) is 5. The van der Waals surface area contributed by atoms with Crippen LogP contribution in [-0.4, -0.2) is 11.1 Å². The maximum atomic E-state index is 10.2. The minimum absolute atomic E-state index is 0.00870. The normalized spacial score (nSPS) is 16.3. The van der Waals surface area contributed by atoms with Crippen molar-refractivity contribution in [2.75, 3.05) is 0 Å². The van der Waals surface area contributed by atoms with Gasteiger partial charge in [0.1, 0.15) is 0 Å². The van der Waals surface area contributed by atoms with Crippen molar-refractivity contribution in [1.82, 2.24) is 0 Å². The maximum absolute atomic E-state index is 10.2. The predicted molar refractivity (Wildman–Crippen MR) is 76.0 cm³/mol. The van der Waals surface area contributed by atoms with Crippen LogP contribution in [0.15, 0.2) is 24.3 Å². The predicted octanol–water partition coefficient (Wildman–Crippen LogP) is 3.29. The fourth-order valence-corrected chi connectivity index (χ4v) is 2.24. The average molecular weight is 294 g/mol. The van der Waals surface area contributed by atoms with Crippen LogP contribution in [-0.2, 0) is 0 Å². The molecule has 1 aromatic carbocycles. The summed E-state index contributed by atoms with van der Waals surface area (Å²) in [6, 6.07) is 4.62. The summed E-state index contributed by atoms with van der Waals surface area (Å²) in [7, 11) is 0. The van der Waals surface area contributed by atoms with Crippen molar-refractivity contribution in [3.05, 3.63) is 34.4 Å². The van der Waals surface area contributed by atoms with Crippen molar-refractivity contribution in [3.8, 4) is 5.75 Å². The SMILES string of the molecule is CC1(C)CCCCC1.O=C([O-])Oc1ccc([N+](=O)[O-])cc1. The van der Waals surface area contributed by atoms with Gasteiger partial charge in [-0.3, -0.25) is 10.1 Å². The van der Waals surface area contributed by atoms with Gasteiger partial charge < -0.3 is 14.6 Å². The number of ether oxygens (including phenoxy) is 1. The first-order valence-corrected chi connectivity index (χ1v) is 6.93. The van der Waals surface area contributed by atoms with Gasteiger partial charge in [-0.05, 0) is 30.4 Å². The summed E-state index contributed by atoms with van der Waals surface area (Å²) < 4.78 is 4.13. The first-order chi connectivity index (χ1) is 9.80. The zero-order chi connectivity index (χ0) is 15.9. The summed E-state index contributed by atoms with van der Waals surface area (Å²) in [6.07, 6.45) is 5.61. The molecule has 2 rings (SSSR count). The van der Waals surface area contributed by atoms with Gasteiger partial charge >= 0.3 is 0 Å². The van der Waals surface area contributed by atoms with Crippen LogP contribution >= 0.6 is 0 Å². The van der Waals surface area contributed by atoms with E-state index in [9.17, 15) is 20.0 Å². The fourth-order valence-electron chi connectivity index (χ4n) is 2.24. The topological polar surface area (TPSA) is 92.5 Å². The molecule has 0 N–H and O–H groups in total. The minimum Gasteiger partial charge on any atom is -0.514 e. The van der Waals surface area contributed by atoms with Crippen LogP contribution in [0.5, 0.6) is 5.75 Å². The molecule has 0 unspecified atom stereocenters. The van der Waals surface area contributed by atoms with E-state index in [0.29, 0.717) is 5.41 Å². The number of carbonyl (C=O) groups is 1. The Bertz CT molecular complexity index is 473. The van der Waals surface area contributed by atoms with Crippen LogP contribution in [0.3, 0.4) is 0 Å². The molecule has 1 aromatic rings. The summed E-state index contributed by atoms with van der Waals surface area (Å²) in [6.45, 7) is 4.76. The molecule has 21 heavy (non-hydrogen) atoms. The van der Waals surface area contributed by atoms with Crippen molar-refractivity contribution in [3.63, 3.8) is 0 Å². The molecule has 0 atom stereocenters. The molecule has 0 saturated heterocycles. The van der Waals surface area contributed by atoms with Gasteiger partial charge in [0.25, 0.3) is 11.8 Å². The molecule has 0 spiro atoms. The number of rotatable bonds is 2. The molecule has 6 nitrogen and oxygen atoms in total. The van der Waals surface area contributed by atoms with Crippen molar-refractivity contribution in [1.29, 1.82) is 0 Å². The van der Waals surface area contributed by atoms with E-state index in [1.165, 1.54) is 44.2 Å². The first kappa shape index (κ1) is 16.9. The molecule has 1 fully saturated rings. The second-order valence-corrected chi connectivity index (χ2v) is 5.83. The van der Waals surface area contributed by atoms with E-state index in [1.807, 2.05) is 0 Å². The number of nitro benzene ring substituents is 1. The summed E-state index contributed by atoms with van der Waals surface area (Å²) >= 11 is 0. The molecular weight excluding hydrogens is 274 g/mol. The van der Waals surface area contributed by atoms with E-state index in [2.05, 4.69) is 18.6 Å². The number of carboxylic acid groups (broad SMARTS) is 1. The smallest absolute Gasteiger partial charge is 0.269 e. The van der Waals surface area contributed by atoms with Gasteiger partial charge in [-0.2, -0.15) is 0 Å². The Morgan fingerprint density at radius 1 is 1.14 bits per heavy atom. The van der Waals surface area contributed by atoms with Gasteiger partial charge in [-0.25, -0.2) is 0 Å². The van der Waals surface area contributed by atoms with Crippen LogP contribution in [0.4, 0.5) is 10.5 Å². The molecule has 0 bridgehead atoms. The van der Waals surface area contributed by atoms with Gasteiger partial charge in [0.05, 0.1) is 10.7 Å².